The topological polar surface area (TPSA) is 91.8 Å². The van der Waals surface area contributed by atoms with E-state index in [1.165, 1.54) is 11.0 Å². The van der Waals surface area contributed by atoms with E-state index in [0.29, 0.717) is 35.2 Å². The lowest BCUT2D eigenvalue weighted by Crippen LogP contribution is -2.39. The number of rotatable bonds is 2. The summed E-state index contributed by atoms with van der Waals surface area (Å²) in [6.45, 7) is 3.75. The minimum Gasteiger partial charge on any atom is -0.508 e. The molecule has 0 saturated carbocycles. The molecule has 6 nitrogen and oxygen atoms in total. The quantitative estimate of drug-likeness (QED) is 0.454. The first-order valence-corrected chi connectivity index (χ1v) is 10.7. The van der Waals surface area contributed by atoms with Crippen molar-refractivity contribution in [1.29, 1.82) is 0 Å². The van der Waals surface area contributed by atoms with Crippen LogP contribution in [0.15, 0.2) is 58.7 Å². The van der Waals surface area contributed by atoms with Crippen LogP contribution < -0.4 is 0 Å². The van der Waals surface area contributed by atoms with Gasteiger partial charge in [0.15, 0.2) is 11.6 Å². The predicted octanol–water partition coefficient (Wildman–Crippen LogP) is 2.84. The molecule has 31 heavy (non-hydrogen) atoms. The second kappa shape index (κ2) is 6.87. The average Bonchev–Trinajstić information content (AvgIpc) is 3.00. The van der Waals surface area contributed by atoms with Gasteiger partial charge in [0, 0.05) is 29.2 Å². The van der Waals surface area contributed by atoms with Crippen molar-refractivity contribution in [2.24, 2.45) is 17.8 Å². The predicted molar refractivity (Wildman–Crippen MR) is 112 cm³/mol. The number of nitrogens with zero attached hydrogens (tertiary/aromatic N) is 1. The Balaban J connectivity index is 1.70. The standard InChI is InChI=1S/C25H23NO5/c1-3-26-24(30)16-8-7-15-17(21(16)25(26)31)11-18-19(28)9-12(2)23(29)22(18)20(15)13-5-4-6-14(27)10-13/h4-7,9-10,16-17,20-21,27H,3,8,11H2,1-2H3/t16-,17+,20-,21-/m0/s1. The molecule has 0 unspecified atom stereocenters. The Morgan fingerprint density at radius 1 is 1.10 bits per heavy atom. The third-order valence-electron chi connectivity index (χ3n) is 7.18. The fourth-order valence-corrected chi connectivity index (χ4v) is 5.82. The van der Waals surface area contributed by atoms with Gasteiger partial charge in [0.2, 0.25) is 11.8 Å². The Kier molecular flexibility index (Phi) is 4.36. The maximum atomic E-state index is 13.2. The Morgan fingerprint density at radius 3 is 2.58 bits per heavy atom. The summed E-state index contributed by atoms with van der Waals surface area (Å²) in [4.78, 5) is 53.4. The molecule has 1 fully saturated rings. The molecule has 0 aromatic heterocycles. The van der Waals surface area contributed by atoms with Crippen LogP contribution in [-0.2, 0) is 19.2 Å². The van der Waals surface area contributed by atoms with Crippen LogP contribution in [0, 0.1) is 17.8 Å². The second-order valence-corrected chi connectivity index (χ2v) is 8.74. The van der Waals surface area contributed by atoms with Gasteiger partial charge in [0.05, 0.1) is 11.8 Å². The highest BCUT2D eigenvalue weighted by molar-refractivity contribution is 6.23. The first-order valence-electron chi connectivity index (χ1n) is 10.7. The molecular formula is C25H23NO5. The molecule has 6 heteroatoms. The van der Waals surface area contributed by atoms with Gasteiger partial charge in [-0.25, -0.2) is 0 Å². The zero-order valence-corrected chi connectivity index (χ0v) is 17.4. The van der Waals surface area contributed by atoms with Gasteiger partial charge < -0.3 is 5.11 Å². The van der Waals surface area contributed by atoms with Gasteiger partial charge >= 0.3 is 0 Å². The van der Waals surface area contributed by atoms with Crippen LogP contribution in [0.4, 0.5) is 0 Å². The summed E-state index contributed by atoms with van der Waals surface area (Å²) in [6.07, 6.45) is 4.07. The maximum Gasteiger partial charge on any atom is 0.233 e. The van der Waals surface area contributed by atoms with E-state index in [4.69, 9.17) is 0 Å². The van der Waals surface area contributed by atoms with Crippen molar-refractivity contribution < 1.29 is 24.3 Å². The molecule has 0 radical (unpaired) electrons. The average molecular weight is 417 g/mol. The molecule has 4 atom stereocenters. The summed E-state index contributed by atoms with van der Waals surface area (Å²) in [5, 5.41) is 10.1. The molecule has 1 aliphatic heterocycles. The molecule has 5 rings (SSSR count). The Morgan fingerprint density at radius 2 is 1.87 bits per heavy atom. The van der Waals surface area contributed by atoms with E-state index in [2.05, 4.69) is 0 Å². The lowest BCUT2D eigenvalue weighted by molar-refractivity contribution is -0.139. The van der Waals surface area contributed by atoms with Gasteiger partial charge in [0.25, 0.3) is 0 Å². The first kappa shape index (κ1) is 19.7. The van der Waals surface area contributed by atoms with Gasteiger partial charge in [0.1, 0.15) is 5.75 Å². The number of Topliss-reactive ketones (excluding diaryl/α,β-unsaturated/α-hetero) is 1. The van der Waals surface area contributed by atoms with Crippen LogP contribution in [0.1, 0.15) is 38.2 Å². The number of fused-ring (bicyclic) bond motifs is 3. The van der Waals surface area contributed by atoms with Crippen LogP contribution in [-0.4, -0.2) is 39.9 Å². The Labute approximate surface area is 179 Å². The molecule has 1 aromatic rings. The molecule has 1 aromatic carbocycles. The summed E-state index contributed by atoms with van der Waals surface area (Å²) < 4.78 is 0. The number of carbonyl (C=O) groups excluding carboxylic acids is 4. The number of phenolic OH excluding ortho intramolecular Hbond substituents is 1. The highest BCUT2D eigenvalue weighted by Gasteiger charge is 2.55. The van der Waals surface area contributed by atoms with E-state index in [9.17, 15) is 24.3 Å². The van der Waals surface area contributed by atoms with Crippen molar-refractivity contribution in [3.63, 3.8) is 0 Å². The number of aromatic hydroxyl groups is 1. The van der Waals surface area contributed by atoms with Crippen molar-refractivity contribution in [2.75, 3.05) is 6.54 Å². The van der Waals surface area contributed by atoms with E-state index in [-0.39, 0.29) is 41.5 Å². The van der Waals surface area contributed by atoms with Gasteiger partial charge in [-0.05, 0) is 56.4 Å². The van der Waals surface area contributed by atoms with Crippen molar-refractivity contribution >= 4 is 23.4 Å². The lowest BCUT2D eigenvalue weighted by Gasteiger charge is -2.42. The van der Waals surface area contributed by atoms with Crippen LogP contribution in [0.5, 0.6) is 5.75 Å². The third-order valence-corrected chi connectivity index (χ3v) is 7.18. The molecule has 4 aliphatic rings. The molecule has 158 valence electrons. The van der Waals surface area contributed by atoms with Crippen LogP contribution in [0.25, 0.3) is 0 Å². The number of imide groups is 1. The molecule has 0 bridgehead atoms. The van der Waals surface area contributed by atoms with Gasteiger partial charge in [-0.3, -0.25) is 24.1 Å². The SMILES string of the molecule is CCN1C(=O)[C@H]2[C@H](CC=C3[C@H](c4cccc(O)c4)C4=C(C[C@H]32)C(=O)C=C(C)C4=O)C1=O. The number of ketones is 2. The zero-order valence-electron chi connectivity index (χ0n) is 17.4. The third kappa shape index (κ3) is 2.70. The van der Waals surface area contributed by atoms with E-state index < -0.39 is 17.8 Å². The minimum atomic E-state index is -0.517. The molecule has 1 N–H and O–H groups in total. The Bertz CT molecular complexity index is 1150. The first-order chi connectivity index (χ1) is 14.8. The molecule has 3 aliphatic carbocycles. The van der Waals surface area contributed by atoms with E-state index >= 15 is 0 Å². The van der Waals surface area contributed by atoms with Crippen molar-refractivity contribution in [3.05, 3.63) is 64.3 Å². The number of likely N-dealkylation sites (tertiary alicyclic amines) is 1. The zero-order chi connectivity index (χ0) is 22.0. The van der Waals surface area contributed by atoms with Crippen LogP contribution in [0.3, 0.4) is 0 Å². The number of phenols is 1. The number of amides is 2. The molecular weight excluding hydrogens is 394 g/mol. The monoisotopic (exact) mass is 417 g/mol. The Hall–Kier alpha value is -3.28. The maximum absolute atomic E-state index is 13.2. The second-order valence-electron chi connectivity index (χ2n) is 8.74. The minimum absolute atomic E-state index is 0.0715. The summed E-state index contributed by atoms with van der Waals surface area (Å²) >= 11 is 0. The van der Waals surface area contributed by atoms with Crippen LogP contribution in [0.2, 0.25) is 0 Å². The van der Waals surface area contributed by atoms with Crippen molar-refractivity contribution in [2.45, 2.75) is 32.6 Å². The number of carbonyl (C=O) groups is 4. The fourth-order valence-electron chi connectivity index (χ4n) is 5.82. The summed E-state index contributed by atoms with van der Waals surface area (Å²) in [6, 6.07) is 6.70. The number of benzene rings is 1. The van der Waals surface area contributed by atoms with E-state index in [1.807, 2.05) is 12.1 Å². The van der Waals surface area contributed by atoms with Gasteiger partial charge in [-0.2, -0.15) is 0 Å². The lowest BCUT2D eigenvalue weighted by atomic mass is 9.59. The normalized spacial score (nSPS) is 30.1. The molecule has 0 spiro atoms. The number of allylic oxidation sites excluding steroid dienone is 6. The van der Waals surface area contributed by atoms with E-state index in [1.54, 1.807) is 32.0 Å². The van der Waals surface area contributed by atoms with Gasteiger partial charge in [-0.1, -0.05) is 23.8 Å². The molecule has 1 saturated heterocycles. The van der Waals surface area contributed by atoms with Crippen LogP contribution >= 0.6 is 0 Å². The summed E-state index contributed by atoms with van der Waals surface area (Å²) in [5.74, 6) is -2.41. The largest absolute Gasteiger partial charge is 0.508 e. The van der Waals surface area contributed by atoms with Crippen molar-refractivity contribution in [1.82, 2.24) is 4.90 Å². The number of hydrogen-bond acceptors (Lipinski definition) is 5. The summed E-state index contributed by atoms with van der Waals surface area (Å²) in [7, 11) is 0. The molecule has 1 heterocycles. The highest BCUT2D eigenvalue weighted by Crippen LogP contribution is 2.55. The molecule has 2 amide bonds. The summed E-state index contributed by atoms with van der Waals surface area (Å²) in [5.41, 5.74) is 2.89. The smallest absolute Gasteiger partial charge is 0.233 e. The van der Waals surface area contributed by atoms with Gasteiger partial charge in [-0.15, -0.1) is 0 Å². The van der Waals surface area contributed by atoms with Crippen molar-refractivity contribution in [3.8, 4) is 5.75 Å². The number of hydrogen-bond donors (Lipinski definition) is 1. The highest BCUT2D eigenvalue weighted by atomic mass is 16.3. The van der Waals surface area contributed by atoms with E-state index in [0.717, 1.165) is 5.57 Å². The fraction of sp³-hybridized carbons (Fsp3) is 0.360.